The Morgan fingerprint density at radius 3 is 2.06 bits per heavy atom. The van der Waals surface area contributed by atoms with Gasteiger partial charge in [0.15, 0.2) is 0 Å². The monoisotopic (exact) mass is 443 g/mol. The Morgan fingerprint density at radius 2 is 1.50 bits per heavy atom. The van der Waals surface area contributed by atoms with Gasteiger partial charge in [-0.1, -0.05) is 12.1 Å². The number of halogens is 1. The predicted molar refractivity (Wildman–Crippen MR) is 116 cm³/mol. The highest BCUT2D eigenvalue weighted by Crippen LogP contribution is 2.17. The molecule has 8 nitrogen and oxygen atoms in total. The zero-order valence-corrected chi connectivity index (χ0v) is 18.1. The standard InChI is InChI=1S/C23H26FN3O5/c1-31-22(29)17-11-18(23(30)32-2)13-20(12-17)25-21(28)15-27-8-6-26(7-9-27)14-16-4-3-5-19(24)10-16/h3-5,10-13H,6-9,14-15H2,1-2H3,(H,25,28). The van der Waals surface area contributed by atoms with E-state index in [9.17, 15) is 18.8 Å². The van der Waals surface area contributed by atoms with Crippen LogP contribution in [0.4, 0.5) is 10.1 Å². The summed E-state index contributed by atoms with van der Waals surface area (Å²) in [6, 6.07) is 10.8. The Morgan fingerprint density at radius 1 is 0.906 bits per heavy atom. The molecule has 0 bridgehead atoms. The van der Waals surface area contributed by atoms with Gasteiger partial charge < -0.3 is 14.8 Å². The minimum Gasteiger partial charge on any atom is -0.465 e. The number of carbonyl (C=O) groups excluding carboxylic acids is 3. The molecule has 0 spiro atoms. The highest BCUT2D eigenvalue weighted by atomic mass is 19.1. The van der Waals surface area contributed by atoms with Crippen molar-refractivity contribution in [1.82, 2.24) is 9.80 Å². The second kappa shape index (κ2) is 10.8. The first kappa shape index (κ1) is 23.4. The van der Waals surface area contributed by atoms with Crippen molar-refractivity contribution in [2.24, 2.45) is 0 Å². The Labute approximate surface area is 185 Å². The number of piperazine rings is 1. The molecule has 1 aliphatic heterocycles. The minimum atomic E-state index is -0.624. The van der Waals surface area contributed by atoms with E-state index in [-0.39, 0.29) is 29.4 Å². The van der Waals surface area contributed by atoms with Crippen LogP contribution in [0, 0.1) is 5.82 Å². The number of amides is 1. The molecule has 9 heteroatoms. The van der Waals surface area contributed by atoms with E-state index in [0.717, 1.165) is 18.7 Å². The Hall–Kier alpha value is -3.30. The van der Waals surface area contributed by atoms with E-state index in [2.05, 4.69) is 10.2 Å². The highest BCUT2D eigenvalue weighted by Gasteiger charge is 2.20. The fourth-order valence-electron chi connectivity index (χ4n) is 3.57. The maximum atomic E-state index is 13.4. The molecule has 0 unspecified atom stereocenters. The molecule has 0 aliphatic carbocycles. The van der Waals surface area contributed by atoms with Gasteiger partial charge in [-0.25, -0.2) is 14.0 Å². The normalized spacial score (nSPS) is 14.6. The van der Waals surface area contributed by atoms with Gasteiger partial charge in [-0.2, -0.15) is 0 Å². The van der Waals surface area contributed by atoms with Crippen molar-refractivity contribution in [2.75, 3.05) is 52.3 Å². The van der Waals surface area contributed by atoms with E-state index >= 15 is 0 Å². The molecule has 32 heavy (non-hydrogen) atoms. The molecule has 3 rings (SSSR count). The average Bonchev–Trinajstić information content (AvgIpc) is 2.79. The first-order valence-electron chi connectivity index (χ1n) is 10.2. The number of hydrogen-bond donors (Lipinski definition) is 1. The third-order valence-electron chi connectivity index (χ3n) is 5.19. The van der Waals surface area contributed by atoms with Crippen LogP contribution in [0.1, 0.15) is 26.3 Å². The molecule has 1 N–H and O–H groups in total. The van der Waals surface area contributed by atoms with E-state index in [1.807, 2.05) is 11.0 Å². The van der Waals surface area contributed by atoms with Crippen molar-refractivity contribution in [3.8, 4) is 0 Å². The highest BCUT2D eigenvalue weighted by molar-refractivity contribution is 5.99. The lowest BCUT2D eigenvalue weighted by Crippen LogP contribution is -2.48. The van der Waals surface area contributed by atoms with Crippen LogP contribution in [-0.4, -0.2) is 74.6 Å². The van der Waals surface area contributed by atoms with Crippen LogP contribution in [0.5, 0.6) is 0 Å². The maximum Gasteiger partial charge on any atom is 0.337 e. The predicted octanol–water partition coefficient (Wildman–Crippen LogP) is 2.16. The van der Waals surface area contributed by atoms with Gasteiger partial charge in [-0.3, -0.25) is 14.6 Å². The van der Waals surface area contributed by atoms with Gasteiger partial charge in [-0.15, -0.1) is 0 Å². The second-order valence-corrected chi connectivity index (χ2v) is 7.51. The third kappa shape index (κ3) is 6.35. The van der Waals surface area contributed by atoms with Gasteiger partial charge in [0.2, 0.25) is 5.91 Å². The molecular formula is C23H26FN3O5. The molecule has 2 aromatic carbocycles. The summed E-state index contributed by atoms with van der Waals surface area (Å²) < 4.78 is 22.8. The van der Waals surface area contributed by atoms with Gasteiger partial charge in [0.05, 0.1) is 31.9 Å². The van der Waals surface area contributed by atoms with Gasteiger partial charge in [-0.05, 0) is 35.9 Å². The zero-order valence-electron chi connectivity index (χ0n) is 18.1. The molecule has 0 aromatic heterocycles. The van der Waals surface area contributed by atoms with Crippen molar-refractivity contribution in [3.63, 3.8) is 0 Å². The first-order chi connectivity index (χ1) is 15.4. The van der Waals surface area contributed by atoms with Gasteiger partial charge in [0.25, 0.3) is 0 Å². The number of ether oxygens (including phenoxy) is 2. The molecule has 1 fully saturated rings. The van der Waals surface area contributed by atoms with Crippen LogP contribution in [0.3, 0.4) is 0 Å². The van der Waals surface area contributed by atoms with E-state index in [0.29, 0.717) is 25.3 Å². The number of hydrogen-bond acceptors (Lipinski definition) is 7. The largest absolute Gasteiger partial charge is 0.465 e. The lowest BCUT2D eigenvalue weighted by molar-refractivity contribution is -0.117. The van der Waals surface area contributed by atoms with Gasteiger partial charge in [0.1, 0.15) is 5.82 Å². The summed E-state index contributed by atoms with van der Waals surface area (Å²) in [4.78, 5) is 40.6. The molecule has 1 amide bonds. The summed E-state index contributed by atoms with van der Waals surface area (Å²) in [5.74, 6) is -1.76. The van der Waals surface area contributed by atoms with Crippen molar-refractivity contribution in [2.45, 2.75) is 6.54 Å². The van der Waals surface area contributed by atoms with E-state index < -0.39 is 11.9 Å². The number of carbonyl (C=O) groups is 3. The van der Waals surface area contributed by atoms with Crippen molar-refractivity contribution in [1.29, 1.82) is 0 Å². The Kier molecular flexibility index (Phi) is 7.91. The molecule has 0 radical (unpaired) electrons. The maximum absolute atomic E-state index is 13.4. The summed E-state index contributed by atoms with van der Waals surface area (Å²) >= 11 is 0. The van der Waals surface area contributed by atoms with Crippen LogP contribution >= 0.6 is 0 Å². The summed E-state index contributed by atoms with van der Waals surface area (Å²) in [6.45, 7) is 3.73. The lowest BCUT2D eigenvalue weighted by atomic mass is 10.1. The second-order valence-electron chi connectivity index (χ2n) is 7.51. The van der Waals surface area contributed by atoms with E-state index in [1.54, 1.807) is 6.07 Å². The molecule has 1 aliphatic rings. The third-order valence-corrected chi connectivity index (χ3v) is 5.19. The number of methoxy groups -OCH3 is 2. The van der Waals surface area contributed by atoms with Gasteiger partial charge in [0, 0.05) is 38.4 Å². The van der Waals surface area contributed by atoms with Crippen molar-refractivity contribution < 1.29 is 28.2 Å². The van der Waals surface area contributed by atoms with Crippen molar-refractivity contribution >= 4 is 23.5 Å². The Balaban J connectivity index is 1.55. The molecule has 0 atom stereocenters. The topological polar surface area (TPSA) is 88.2 Å². The Bertz CT molecular complexity index is 955. The van der Waals surface area contributed by atoms with Crippen LogP contribution in [0.15, 0.2) is 42.5 Å². The molecule has 1 saturated heterocycles. The number of nitrogens with zero attached hydrogens (tertiary/aromatic N) is 2. The summed E-state index contributed by atoms with van der Waals surface area (Å²) in [5, 5.41) is 2.73. The fourth-order valence-corrected chi connectivity index (χ4v) is 3.57. The number of anilines is 1. The van der Waals surface area contributed by atoms with Crippen molar-refractivity contribution in [3.05, 3.63) is 65.0 Å². The van der Waals surface area contributed by atoms with Crippen LogP contribution in [0.25, 0.3) is 0 Å². The molecule has 2 aromatic rings. The number of benzene rings is 2. The molecule has 170 valence electrons. The van der Waals surface area contributed by atoms with Crippen LogP contribution < -0.4 is 5.32 Å². The quantitative estimate of drug-likeness (QED) is 0.656. The summed E-state index contributed by atoms with van der Waals surface area (Å²) in [5.41, 5.74) is 1.50. The fraction of sp³-hybridized carbons (Fsp3) is 0.348. The van der Waals surface area contributed by atoms with Gasteiger partial charge >= 0.3 is 11.9 Å². The SMILES string of the molecule is COC(=O)c1cc(NC(=O)CN2CCN(Cc3cccc(F)c3)CC2)cc(C(=O)OC)c1. The summed E-state index contributed by atoms with van der Waals surface area (Å²) in [7, 11) is 2.47. The first-order valence-corrected chi connectivity index (χ1v) is 10.2. The number of nitrogens with one attached hydrogen (secondary N) is 1. The molecular weight excluding hydrogens is 417 g/mol. The van der Waals surface area contributed by atoms with E-state index in [4.69, 9.17) is 9.47 Å². The van der Waals surface area contributed by atoms with Crippen LogP contribution in [-0.2, 0) is 20.8 Å². The van der Waals surface area contributed by atoms with E-state index in [1.165, 1.54) is 44.6 Å². The minimum absolute atomic E-state index is 0.136. The molecule has 1 heterocycles. The number of esters is 2. The summed E-state index contributed by atoms with van der Waals surface area (Å²) in [6.07, 6.45) is 0. The van der Waals surface area contributed by atoms with Crippen LogP contribution in [0.2, 0.25) is 0 Å². The average molecular weight is 443 g/mol. The lowest BCUT2D eigenvalue weighted by Gasteiger charge is -2.34. The number of rotatable bonds is 7. The molecule has 0 saturated carbocycles. The zero-order chi connectivity index (χ0) is 23.1. The smallest absolute Gasteiger partial charge is 0.337 e.